The minimum absolute atomic E-state index is 0.647. The number of guanidine groups is 1. The van der Waals surface area contributed by atoms with Crippen LogP contribution in [0.25, 0.3) is 0 Å². The van der Waals surface area contributed by atoms with E-state index in [4.69, 9.17) is 9.47 Å². The highest BCUT2D eigenvalue weighted by Crippen LogP contribution is 2.27. The maximum Gasteiger partial charge on any atom is 0.191 e. The average molecular weight is 356 g/mol. The molecule has 0 aliphatic carbocycles. The van der Waals surface area contributed by atoms with Gasteiger partial charge < -0.3 is 25.0 Å². The van der Waals surface area contributed by atoms with Crippen LogP contribution < -0.4 is 25.0 Å². The van der Waals surface area contributed by atoms with Crippen LogP contribution in [-0.2, 0) is 6.54 Å². The topological polar surface area (TPSA) is 58.1 Å². The van der Waals surface area contributed by atoms with Crippen molar-refractivity contribution < 1.29 is 9.47 Å². The number of rotatable bonds is 8. The minimum Gasteiger partial charge on any atom is -0.493 e. The monoisotopic (exact) mass is 356 g/mol. The number of anilines is 1. The highest BCUT2D eigenvalue weighted by molar-refractivity contribution is 5.79. The number of hydrogen-bond acceptors (Lipinski definition) is 4. The molecule has 0 bridgehead atoms. The first kappa shape index (κ1) is 19.4. The van der Waals surface area contributed by atoms with Crippen LogP contribution in [0.5, 0.6) is 11.5 Å². The molecule has 2 N–H and O–H groups in total. The van der Waals surface area contributed by atoms with Crippen molar-refractivity contribution in [2.45, 2.75) is 6.54 Å². The fraction of sp³-hybridized carbons (Fsp3) is 0.350. The fourth-order valence-electron chi connectivity index (χ4n) is 2.55. The Hall–Kier alpha value is -2.89. The van der Waals surface area contributed by atoms with E-state index in [1.54, 1.807) is 21.3 Å². The first-order valence-corrected chi connectivity index (χ1v) is 8.59. The molecule has 6 nitrogen and oxygen atoms in total. The van der Waals surface area contributed by atoms with Gasteiger partial charge in [0, 0.05) is 39.4 Å². The van der Waals surface area contributed by atoms with E-state index in [0.29, 0.717) is 6.54 Å². The summed E-state index contributed by atoms with van der Waals surface area (Å²) < 4.78 is 10.6. The number of methoxy groups -OCH3 is 2. The predicted molar refractivity (Wildman–Crippen MR) is 107 cm³/mol. The van der Waals surface area contributed by atoms with Gasteiger partial charge in [-0.05, 0) is 29.8 Å². The van der Waals surface area contributed by atoms with Crippen molar-refractivity contribution in [3.8, 4) is 11.5 Å². The lowest BCUT2D eigenvalue weighted by Gasteiger charge is -2.20. The second-order valence-corrected chi connectivity index (χ2v) is 5.80. The van der Waals surface area contributed by atoms with Crippen LogP contribution >= 0.6 is 0 Å². The molecule has 0 unspecified atom stereocenters. The summed E-state index contributed by atoms with van der Waals surface area (Å²) in [6.07, 6.45) is 0. The van der Waals surface area contributed by atoms with Gasteiger partial charge in [0.2, 0.25) is 0 Å². The maximum absolute atomic E-state index is 5.34. The maximum atomic E-state index is 5.34. The van der Waals surface area contributed by atoms with Crippen LogP contribution in [0, 0.1) is 0 Å². The van der Waals surface area contributed by atoms with E-state index in [0.717, 1.165) is 36.1 Å². The zero-order valence-electron chi connectivity index (χ0n) is 16.0. The van der Waals surface area contributed by atoms with Crippen molar-refractivity contribution in [1.82, 2.24) is 10.6 Å². The molecule has 2 rings (SSSR count). The molecule has 2 aromatic rings. The molecule has 140 valence electrons. The Morgan fingerprint density at radius 2 is 1.73 bits per heavy atom. The van der Waals surface area contributed by atoms with E-state index >= 15 is 0 Å². The number of hydrogen-bond donors (Lipinski definition) is 2. The van der Waals surface area contributed by atoms with Crippen LogP contribution in [0.15, 0.2) is 53.5 Å². The number of nitrogens with zero attached hydrogens (tertiary/aromatic N) is 2. The molecule has 0 amide bonds. The molecule has 0 aromatic heterocycles. The Balaban J connectivity index is 1.81. The number of benzene rings is 2. The molecule has 0 saturated carbocycles. The van der Waals surface area contributed by atoms with E-state index < -0.39 is 0 Å². The zero-order valence-corrected chi connectivity index (χ0v) is 16.0. The van der Waals surface area contributed by atoms with Gasteiger partial charge >= 0.3 is 0 Å². The van der Waals surface area contributed by atoms with Crippen molar-refractivity contribution in [1.29, 1.82) is 0 Å². The molecule has 2 aromatic carbocycles. The lowest BCUT2D eigenvalue weighted by molar-refractivity contribution is 0.354. The Bertz CT molecular complexity index is 704. The molecule has 0 aliphatic heterocycles. The van der Waals surface area contributed by atoms with Gasteiger partial charge in [-0.25, -0.2) is 0 Å². The number of ether oxygens (including phenoxy) is 2. The Kier molecular flexibility index (Phi) is 7.61. The van der Waals surface area contributed by atoms with E-state index in [9.17, 15) is 0 Å². The van der Waals surface area contributed by atoms with E-state index in [2.05, 4.69) is 39.7 Å². The quantitative estimate of drug-likeness (QED) is 0.562. The summed E-state index contributed by atoms with van der Waals surface area (Å²) >= 11 is 0. The second kappa shape index (κ2) is 10.2. The highest BCUT2D eigenvalue weighted by Gasteiger charge is 2.06. The number of nitrogens with one attached hydrogen (secondary N) is 2. The van der Waals surface area contributed by atoms with Crippen molar-refractivity contribution >= 4 is 11.6 Å². The molecule has 0 spiro atoms. The fourth-order valence-corrected chi connectivity index (χ4v) is 2.55. The van der Waals surface area contributed by atoms with E-state index in [1.165, 1.54) is 5.69 Å². The smallest absolute Gasteiger partial charge is 0.191 e. The first-order valence-electron chi connectivity index (χ1n) is 8.59. The van der Waals surface area contributed by atoms with Crippen LogP contribution in [-0.4, -0.2) is 47.4 Å². The number of aliphatic imine (C=N–C) groups is 1. The standard InChI is InChI=1S/C20H28N4O2/c1-21-20(22-12-13-24(2)17-8-6-5-7-9-17)23-15-16-10-11-18(25-3)19(14-16)26-4/h5-11,14H,12-13,15H2,1-4H3,(H2,21,22,23). The summed E-state index contributed by atoms with van der Waals surface area (Å²) in [5.41, 5.74) is 2.29. The molecule has 0 aliphatic rings. The SMILES string of the molecule is CN=C(NCCN(C)c1ccccc1)NCc1ccc(OC)c(OC)c1. The molecule has 0 heterocycles. The van der Waals surface area contributed by atoms with Crippen LogP contribution in [0.1, 0.15) is 5.56 Å². The molecule has 6 heteroatoms. The van der Waals surface area contributed by atoms with Gasteiger partial charge in [0.05, 0.1) is 14.2 Å². The molecule has 0 saturated heterocycles. The third-order valence-electron chi connectivity index (χ3n) is 4.07. The van der Waals surface area contributed by atoms with Crippen molar-refractivity contribution in [3.05, 3.63) is 54.1 Å². The summed E-state index contributed by atoms with van der Waals surface area (Å²) in [7, 11) is 7.12. The summed E-state index contributed by atoms with van der Waals surface area (Å²) in [6, 6.07) is 16.2. The molecule has 26 heavy (non-hydrogen) atoms. The third-order valence-corrected chi connectivity index (χ3v) is 4.07. The van der Waals surface area contributed by atoms with Gasteiger partial charge in [-0.3, -0.25) is 4.99 Å². The van der Waals surface area contributed by atoms with Crippen molar-refractivity contribution in [2.24, 2.45) is 4.99 Å². The second-order valence-electron chi connectivity index (χ2n) is 5.80. The van der Waals surface area contributed by atoms with Gasteiger partial charge in [-0.2, -0.15) is 0 Å². The highest BCUT2D eigenvalue weighted by atomic mass is 16.5. The van der Waals surface area contributed by atoms with Crippen molar-refractivity contribution in [3.63, 3.8) is 0 Å². The van der Waals surface area contributed by atoms with Crippen LogP contribution in [0.4, 0.5) is 5.69 Å². The lowest BCUT2D eigenvalue weighted by Crippen LogP contribution is -2.40. The van der Waals surface area contributed by atoms with Crippen LogP contribution in [0.2, 0.25) is 0 Å². The first-order chi connectivity index (χ1) is 12.7. The summed E-state index contributed by atoms with van der Waals surface area (Å²) in [5, 5.41) is 6.64. The van der Waals surface area contributed by atoms with Gasteiger partial charge in [0.25, 0.3) is 0 Å². The molecule has 0 radical (unpaired) electrons. The zero-order chi connectivity index (χ0) is 18.8. The summed E-state index contributed by atoms with van der Waals surface area (Å²) in [5.74, 6) is 2.21. The van der Waals surface area contributed by atoms with E-state index in [1.807, 2.05) is 36.4 Å². The summed E-state index contributed by atoms with van der Waals surface area (Å²) in [4.78, 5) is 6.47. The van der Waals surface area contributed by atoms with Gasteiger partial charge in [0.15, 0.2) is 17.5 Å². The summed E-state index contributed by atoms with van der Waals surface area (Å²) in [6.45, 7) is 2.31. The van der Waals surface area contributed by atoms with Crippen molar-refractivity contribution in [2.75, 3.05) is 46.3 Å². The van der Waals surface area contributed by atoms with Crippen LogP contribution in [0.3, 0.4) is 0 Å². The average Bonchev–Trinajstić information content (AvgIpc) is 2.70. The lowest BCUT2D eigenvalue weighted by atomic mass is 10.2. The van der Waals surface area contributed by atoms with Gasteiger partial charge in [-0.15, -0.1) is 0 Å². The molecular weight excluding hydrogens is 328 g/mol. The minimum atomic E-state index is 0.647. The number of para-hydroxylation sites is 1. The largest absolute Gasteiger partial charge is 0.493 e. The Morgan fingerprint density at radius 1 is 1.00 bits per heavy atom. The normalized spacial score (nSPS) is 11.0. The predicted octanol–water partition coefficient (Wildman–Crippen LogP) is 2.51. The molecule has 0 atom stereocenters. The molecular formula is C20H28N4O2. The third kappa shape index (κ3) is 5.58. The number of likely N-dealkylation sites (N-methyl/N-ethyl adjacent to an activating group) is 1. The Morgan fingerprint density at radius 3 is 2.38 bits per heavy atom. The van der Waals surface area contributed by atoms with E-state index in [-0.39, 0.29) is 0 Å². The Labute approximate surface area is 155 Å². The molecule has 0 fully saturated rings. The van der Waals surface area contributed by atoms with Gasteiger partial charge in [0.1, 0.15) is 0 Å². The van der Waals surface area contributed by atoms with Gasteiger partial charge in [-0.1, -0.05) is 24.3 Å².